The van der Waals surface area contributed by atoms with Crippen LogP contribution in [0.2, 0.25) is 5.02 Å². The number of nitro benzene ring substituents is 1. The molecule has 0 saturated carbocycles. The molecule has 0 saturated heterocycles. The molecule has 1 amide bonds. The van der Waals surface area contributed by atoms with Gasteiger partial charge in [-0.15, -0.1) is 0 Å². The standard InChI is InChI=1S/C16H12ClF3N2O7S/c17-13-5-10(16(18,19)20)2-1-9(13)7-28-11-3-4-14(22(24)25)12(6-11)15(23)21-8-29-30(26)27/h1-6H,7-8H2,(H,21,23)(H,26,27)/p-1. The summed E-state index contributed by atoms with van der Waals surface area (Å²) in [5, 5.41) is 12.9. The van der Waals surface area contributed by atoms with Crippen LogP contribution in [0.1, 0.15) is 21.5 Å². The van der Waals surface area contributed by atoms with E-state index in [1.54, 1.807) is 0 Å². The van der Waals surface area contributed by atoms with Crippen LogP contribution in [0.25, 0.3) is 0 Å². The molecular weight excluding hydrogens is 457 g/mol. The number of hydrogen-bond acceptors (Lipinski definition) is 7. The van der Waals surface area contributed by atoms with E-state index in [9.17, 15) is 36.8 Å². The lowest BCUT2D eigenvalue weighted by molar-refractivity contribution is -0.385. The number of hydrogen-bond donors (Lipinski definition) is 1. The molecule has 1 unspecified atom stereocenters. The van der Waals surface area contributed by atoms with Gasteiger partial charge in [-0.25, -0.2) is 4.21 Å². The molecule has 0 heterocycles. The van der Waals surface area contributed by atoms with E-state index in [1.165, 1.54) is 6.07 Å². The summed E-state index contributed by atoms with van der Waals surface area (Å²) in [4.78, 5) is 22.4. The second-order valence-corrected chi connectivity index (χ2v) is 6.55. The molecule has 0 aliphatic heterocycles. The second kappa shape index (κ2) is 9.84. The van der Waals surface area contributed by atoms with Crippen LogP contribution >= 0.6 is 11.6 Å². The third-order valence-electron chi connectivity index (χ3n) is 3.57. The Morgan fingerprint density at radius 2 is 1.93 bits per heavy atom. The summed E-state index contributed by atoms with van der Waals surface area (Å²) in [5.41, 5.74) is -1.76. The molecule has 1 N–H and O–H groups in total. The van der Waals surface area contributed by atoms with Crippen molar-refractivity contribution in [3.63, 3.8) is 0 Å². The van der Waals surface area contributed by atoms with Crippen LogP contribution in [0, 0.1) is 10.1 Å². The molecule has 0 aromatic heterocycles. The average Bonchev–Trinajstić information content (AvgIpc) is 2.65. The summed E-state index contributed by atoms with van der Waals surface area (Å²) in [7, 11) is 0. The molecule has 162 valence electrons. The van der Waals surface area contributed by atoms with Gasteiger partial charge in [0.05, 0.1) is 21.8 Å². The molecule has 30 heavy (non-hydrogen) atoms. The van der Waals surface area contributed by atoms with E-state index >= 15 is 0 Å². The lowest BCUT2D eigenvalue weighted by Crippen LogP contribution is -2.27. The lowest BCUT2D eigenvalue weighted by atomic mass is 10.1. The number of rotatable bonds is 8. The van der Waals surface area contributed by atoms with Crippen molar-refractivity contribution in [3.8, 4) is 5.75 Å². The van der Waals surface area contributed by atoms with E-state index in [0.29, 0.717) is 0 Å². The highest BCUT2D eigenvalue weighted by molar-refractivity contribution is 7.74. The topological polar surface area (TPSA) is 131 Å². The van der Waals surface area contributed by atoms with Gasteiger partial charge in [-0.2, -0.15) is 13.2 Å². The Bertz CT molecular complexity index is 988. The monoisotopic (exact) mass is 467 g/mol. The van der Waals surface area contributed by atoms with Gasteiger partial charge in [-0.1, -0.05) is 17.7 Å². The quantitative estimate of drug-likeness (QED) is 0.272. The van der Waals surface area contributed by atoms with Crippen LogP contribution in [0.4, 0.5) is 18.9 Å². The molecule has 0 aliphatic carbocycles. The molecule has 14 heteroatoms. The fourth-order valence-electron chi connectivity index (χ4n) is 2.19. The van der Waals surface area contributed by atoms with Crippen molar-refractivity contribution in [2.45, 2.75) is 12.8 Å². The van der Waals surface area contributed by atoms with Gasteiger partial charge in [0.2, 0.25) is 0 Å². The Morgan fingerprint density at radius 3 is 2.50 bits per heavy atom. The number of benzene rings is 2. The van der Waals surface area contributed by atoms with Gasteiger partial charge in [-0.05, 0) is 24.3 Å². The maximum absolute atomic E-state index is 12.7. The van der Waals surface area contributed by atoms with Crippen molar-refractivity contribution in [2.24, 2.45) is 0 Å². The van der Waals surface area contributed by atoms with E-state index in [-0.39, 0.29) is 22.9 Å². The molecule has 0 fully saturated rings. The fraction of sp³-hybridized carbons (Fsp3) is 0.188. The van der Waals surface area contributed by atoms with Crippen molar-refractivity contribution in [3.05, 3.63) is 68.2 Å². The Balaban J connectivity index is 2.17. The first kappa shape index (κ1) is 23.5. The Morgan fingerprint density at radius 1 is 1.23 bits per heavy atom. The van der Waals surface area contributed by atoms with Crippen LogP contribution in [-0.4, -0.2) is 26.3 Å². The summed E-state index contributed by atoms with van der Waals surface area (Å²) >= 11 is 2.94. The summed E-state index contributed by atoms with van der Waals surface area (Å²) in [6, 6.07) is 5.83. The minimum Gasteiger partial charge on any atom is -0.750 e. The minimum absolute atomic E-state index is 0.0185. The van der Waals surface area contributed by atoms with Gasteiger partial charge >= 0.3 is 6.18 Å². The number of carbonyl (C=O) groups is 1. The number of alkyl halides is 3. The molecule has 2 aromatic rings. The first-order valence-electron chi connectivity index (χ1n) is 7.76. The van der Waals surface area contributed by atoms with Crippen LogP contribution in [0.3, 0.4) is 0 Å². The second-order valence-electron chi connectivity index (χ2n) is 5.50. The minimum atomic E-state index is -4.56. The van der Waals surface area contributed by atoms with Crippen LogP contribution in [-0.2, 0) is 28.3 Å². The molecule has 0 spiro atoms. The van der Waals surface area contributed by atoms with E-state index in [1.807, 2.05) is 5.32 Å². The highest BCUT2D eigenvalue weighted by Crippen LogP contribution is 2.32. The van der Waals surface area contributed by atoms with Gasteiger partial charge in [-0.3, -0.25) is 19.1 Å². The van der Waals surface area contributed by atoms with Gasteiger partial charge in [0.25, 0.3) is 11.6 Å². The largest absolute Gasteiger partial charge is 0.750 e. The summed E-state index contributed by atoms with van der Waals surface area (Å²) in [6.07, 6.45) is -4.56. The zero-order valence-corrected chi connectivity index (χ0v) is 16.2. The number of amides is 1. The van der Waals surface area contributed by atoms with Gasteiger partial charge < -0.3 is 14.6 Å². The predicted molar refractivity (Wildman–Crippen MR) is 96.2 cm³/mol. The third-order valence-corrected chi connectivity index (χ3v) is 4.23. The smallest absolute Gasteiger partial charge is 0.416 e. The first-order valence-corrected chi connectivity index (χ1v) is 9.14. The third kappa shape index (κ3) is 6.38. The predicted octanol–water partition coefficient (Wildman–Crippen LogP) is 3.34. The molecule has 9 nitrogen and oxygen atoms in total. The normalized spacial score (nSPS) is 12.3. The molecule has 1 atom stereocenters. The van der Waals surface area contributed by atoms with Gasteiger partial charge in [0.15, 0.2) is 0 Å². The Labute approximate surface area is 174 Å². The number of halogens is 4. The van der Waals surface area contributed by atoms with Gasteiger partial charge in [0.1, 0.15) is 24.7 Å². The fourth-order valence-corrected chi connectivity index (χ4v) is 2.58. The van der Waals surface area contributed by atoms with Crippen molar-refractivity contribution in [1.29, 1.82) is 0 Å². The number of nitrogens with zero attached hydrogens (tertiary/aromatic N) is 1. The van der Waals surface area contributed by atoms with E-state index < -0.39 is 51.9 Å². The van der Waals surface area contributed by atoms with Crippen molar-refractivity contribution in [2.75, 3.05) is 6.73 Å². The van der Waals surface area contributed by atoms with Crippen LogP contribution in [0.15, 0.2) is 36.4 Å². The molecule has 2 rings (SSSR count). The SMILES string of the molecule is O=C(NCOS(=O)[O-])c1cc(OCc2ccc(C(F)(F)F)cc2Cl)ccc1[N+](=O)[O-]. The zero-order valence-electron chi connectivity index (χ0n) is 14.6. The average molecular weight is 468 g/mol. The highest BCUT2D eigenvalue weighted by Gasteiger charge is 2.31. The molecular formula is C16H11ClF3N2O7S-. The van der Waals surface area contributed by atoms with Crippen molar-refractivity contribution < 1.29 is 40.6 Å². The number of carbonyl (C=O) groups excluding carboxylic acids is 1. The summed E-state index contributed by atoms with van der Waals surface area (Å²) in [6.45, 7) is -1.04. The maximum Gasteiger partial charge on any atom is 0.416 e. The highest BCUT2D eigenvalue weighted by atomic mass is 35.5. The van der Waals surface area contributed by atoms with Gasteiger partial charge in [0, 0.05) is 16.7 Å². The van der Waals surface area contributed by atoms with E-state index in [2.05, 4.69) is 4.18 Å². The first-order chi connectivity index (χ1) is 14.0. The van der Waals surface area contributed by atoms with Crippen molar-refractivity contribution in [1.82, 2.24) is 5.32 Å². The number of ether oxygens (including phenoxy) is 1. The molecule has 0 bridgehead atoms. The van der Waals surface area contributed by atoms with E-state index in [0.717, 1.165) is 30.3 Å². The van der Waals surface area contributed by atoms with Crippen LogP contribution < -0.4 is 10.1 Å². The maximum atomic E-state index is 12.7. The summed E-state index contributed by atoms with van der Waals surface area (Å²) < 4.78 is 68.1. The Kier molecular flexibility index (Phi) is 7.72. The lowest BCUT2D eigenvalue weighted by Gasteiger charge is -2.12. The van der Waals surface area contributed by atoms with E-state index in [4.69, 9.17) is 16.3 Å². The Hall–Kier alpha value is -2.74. The number of nitrogens with one attached hydrogen (secondary N) is 1. The molecule has 0 aliphatic rings. The zero-order chi connectivity index (χ0) is 22.5. The molecule has 2 aromatic carbocycles. The summed E-state index contributed by atoms with van der Waals surface area (Å²) in [5.74, 6) is -1.03. The molecule has 0 radical (unpaired) electrons. The van der Waals surface area contributed by atoms with Crippen LogP contribution in [0.5, 0.6) is 5.75 Å². The van der Waals surface area contributed by atoms with Crippen molar-refractivity contribution >= 4 is 34.6 Å². The number of nitro groups is 1.